The summed E-state index contributed by atoms with van der Waals surface area (Å²) in [5, 5.41) is 3.95. The summed E-state index contributed by atoms with van der Waals surface area (Å²) in [7, 11) is 1.32. The van der Waals surface area contributed by atoms with Gasteiger partial charge >= 0.3 is 5.97 Å². The number of nitrogens with one attached hydrogen (secondary N) is 1. The molecule has 0 spiro atoms. The van der Waals surface area contributed by atoms with Crippen LogP contribution in [-0.2, 0) is 14.3 Å². The number of carbonyl (C=O) groups is 3. The monoisotopic (exact) mass is 409 g/mol. The van der Waals surface area contributed by atoms with Crippen LogP contribution in [0, 0.1) is 5.92 Å². The molecule has 2 aromatic carbocycles. The summed E-state index contributed by atoms with van der Waals surface area (Å²) in [5.41, 5.74) is 4.35. The summed E-state index contributed by atoms with van der Waals surface area (Å²) >= 11 is 0. The topological polar surface area (TPSA) is 97.3 Å². The van der Waals surface area contributed by atoms with Crippen molar-refractivity contribution >= 4 is 29.7 Å². The molecule has 8 nitrogen and oxygen atoms in total. The van der Waals surface area contributed by atoms with Gasteiger partial charge in [-0.2, -0.15) is 5.10 Å². The second-order valence-electron chi connectivity index (χ2n) is 6.68. The highest BCUT2D eigenvalue weighted by atomic mass is 16.5. The van der Waals surface area contributed by atoms with Gasteiger partial charge in [0, 0.05) is 18.7 Å². The van der Waals surface area contributed by atoms with Gasteiger partial charge in [-0.15, -0.1) is 0 Å². The maximum absolute atomic E-state index is 12.4. The molecule has 2 amide bonds. The van der Waals surface area contributed by atoms with Gasteiger partial charge in [-0.25, -0.2) is 10.2 Å². The van der Waals surface area contributed by atoms with Crippen molar-refractivity contribution in [1.82, 2.24) is 5.43 Å². The van der Waals surface area contributed by atoms with Crippen LogP contribution in [0.1, 0.15) is 29.3 Å². The number of amides is 2. The molecule has 1 fully saturated rings. The molecule has 0 unspecified atom stereocenters. The molecule has 8 heteroatoms. The zero-order valence-corrected chi connectivity index (χ0v) is 16.8. The molecule has 2 aromatic rings. The molecular formula is C22H23N3O5. The van der Waals surface area contributed by atoms with Crippen molar-refractivity contribution < 1.29 is 23.9 Å². The van der Waals surface area contributed by atoms with E-state index in [-0.39, 0.29) is 18.2 Å². The molecule has 0 bridgehead atoms. The quantitative estimate of drug-likeness (QED) is 0.430. The minimum absolute atomic E-state index is 0.110. The van der Waals surface area contributed by atoms with Gasteiger partial charge in [-0.05, 0) is 48.9 Å². The van der Waals surface area contributed by atoms with Crippen molar-refractivity contribution in [3.63, 3.8) is 0 Å². The average molecular weight is 409 g/mol. The number of anilines is 1. The molecule has 1 aliphatic rings. The third-order valence-electron chi connectivity index (χ3n) is 4.68. The van der Waals surface area contributed by atoms with Crippen molar-refractivity contribution in [3.8, 4) is 5.75 Å². The number of methoxy groups -OCH3 is 1. The standard InChI is InChI=1S/C22H23N3O5/c1-3-30-19-10-8-18(9-11-19)25-14-17(12-20(25)26)21(27)24-23-13-15-4-6-16(7-5-15)22(28)29-2/h4-11,13,17H,3,12,14H2,1-2H3,(H,24,27)/t17-/m0/s1. The van der Waals surface area contributed by atoms with E-state index in [0.717, 1.165) is 11.4 Å². The van der Waals surface area contributed by atoms with E-state index >= 15 is 0 Å². The zero-order valence-electron chi connectivity index (χ0n) is 16.8. The lowest BCUT2D eigenvalue weighted by atomic mass is 10.1. The predicted molar refractivity (Wildman–Crippen MR) is 112 cm³/mol. The second-order valence-corrected chi connectivity index (χ2v) is 6.68. The summed E-state index contributed by atoms with van der Waals surface area (Å²) in [4.78, 5) is 37.8. The van der Waals surface area contributed by atoms with Crippen LogP contribution in [0.15, 0.2) is 53.6 Å². The summed E-state index contributed by atoms with van der Waals surface area (Å²) < 4.78 is 10.1. The highest BCUT2D eigenvalue weighted by Crippen LogP contribution is 2.27. The van der Waals surface area contributed by atoms with Gasteiger partial charge in [0.1, 0.15) is 5.75 Å². The number of benzene rings is 2. The zero-order chi connectivity index (χ0) is 21.5. The van der Waals surface area contributed by atoms with Crippen LogP contribution >= 0.6 is 0 Å². The molecular weight excluding hydrogens is 386 g/mol. The molecule has 0 radical (unpaired) electrons. The first-order valence-corrected chi connectivity index (χ1v) is 9.56. The van der Waals surface area contributed by atoms with Crippen molar-refractivity contribution in [1.29, 1.82) is 0 Å². The van der Waals surface area contributed by atoms with Crippen LogP contribution in [0.2, 0.25) is 0 Å². The smallest absolute Gasteiger partial charge is 0.337 e. The Balaban J connectivity index is 1.55. The Morgan fingerprint density at radius 1 is 1.17 bits per heavy atom. The lowest BCUT2D eigenvalue weighted by Gasteiger charge is -2.17. The molecule has 0 aromatic heterocycles. The average Bonchev–Trinajstić information content (AvgIpc) is 3.16. The van der Waals surface area contributed by atoms with E-state index in [4.69, 9.17) is 4.74 Å². The maximum Gasteiger partial charge on any atom is 0.337 e. The van der Waals surface area contributed by atoms with Crippen molar-refractivity contribution in [2.24, 2.45) is 11.0 Å². The van der Waals surface area contributed by atoms with Gasteiger partial charge in [-0.3, -0.25) is 9.59 Å². The highest BCUT2D eigenvalue weighted by molar-refractivity contribution is 6.00. The first kappa shape index (κ1) is 21.0. The Kier molecular flexibility index (Phi) is 6.79. The van der Waals surface area contributed by atoms with E-state index in [1.807, 2.05) is 6.92 Å². The normalized spacial score (nSPS) is 16.0. The summed E-state index contributed by atoms with van der Waals surface area (Å²) in [6.07, 6.45) is 1.60. The van der Waals surface area contributed by atoms with E-state index in [0.29, 0.717) is 24.3 Å². The summed E-state index contributed by atoms with van der Waals surface area (Å²) in [6, 6.07) is 13.8. The van der Waals surface area contributed by atoms with E-state index < -0.39 is 11.9 Å². The van der Waals surface area contributed by atoms with Gasteiger partial charge in [-0.1, -0.05) is 12.1 Å². The van der Waals surface area contributed by atoms with E-state index in [9.17, 15) is 14.4 Å². The number of ether oxygens (including phenoxy) is 2. The van der Waals surface area contributed by atoms with Gasteiger partial charge in [0.15, 0.2) is 0 Å². The van der Waals surface area contributed by atoms with Gasteiger partial charge < -0.3 is 14.4 Å². The minimum atomic E-state index is -0.483. The molecule has 1 aliphatic heterocycles. The molecule has 156 valence electrons. The number of hydrazone groups is 1. The number of hydrogen-bond donors (Lipinski definition) is 1. The number of esters is 1. The summed E-state index contributed by atoms with van der Waals surface area (Å²) in [6.45, 7) is 2.77. The SMILES string of the molecule is CCOc1ccc(N2C[C@@H](C(=O)NN=Cc3ccc(C(=O)OC)cc3)CC2=O)cc1. The summed E-state index contributed by atoms with van der Waals surface area (Å²) in [5.74, 6) is -0.602. The molecule has 1 saturated heterocycles. The number of hydrogen-bond acceptors (Lipinski definition) is 6. The Morgan fingerprint density at radius 3 is 2.50 bits per heavy atom. The number of rotatable bonds is 7. The number of nitrogens with zero attached hydrogens (tertiary/aromatic N) is 2. The fourth-order valence-corrected chi connectivity index (χ4v) is 3.11. The highest BCUT2D eigenvalue weighted by Gasteiger charge is 2.35. The first-order chi connectivity index (χ1) is 14.5. The fraction of sp³-hybridized carbons (Fsp3) is 0.273. The Bertz CT molecular complexity index is 938. The Labute approximate surface area is 174 Å². The predicted octanol–water partition coefficient (Wildman–Crippen LogP) is 2.38. The van der Waals surface area contributed by atoms with Crippen LogP contribution in [0.25, 0.3) is 0 Å². The van der Waals surface area contributed by atoms with Crippen molar-refractivity contribution in [2.45, 2.75) is 13.3 Å². The van der Waals surface area contributed by atoms with Gasteiger partial charge in [0.2, 0.25) is 11.8 Å². The number of carbonyl (C=O) groups excluding carboxylic acids is 3. The Morgan fingerprint density at radius 2 is 1.87 bits per heavy atom. The fourth-order valence-electron chi connectivity index (χ4n) is 3.11. The van der Waals surface area contributed by atoms with Crippen molar-refractivity contribution in [3.05, 3.63) is 59.7 Å². The molecule has 1 heterocycles. The van der Waals surface area contributed by atoms with Crippen LogP contribution in [0.4, 0.5) is 5.69 Å². The van der Waals surface area contributed by atoms with E-state index in [1.165, 1.54) is 13.3 Å². The largest absolute Gasteiger partial charge is 0.494 e. The lowest BCUT2D eigenvalue weighted by Crippen LogP contribution is -2.30. The van der Waals surface area contributed by atoms with E-state index in [1.54, 1.807) is 53.4 Å². The van der Waals surface area contributed by atoms with Crippen LogP contribution < -0.4 is 15.1 Å². The Hall–Kier alpha value is -3.68. The second kappa shape index (κ2) is 9.69. The third kappa shape index (κ3) is 5.02. The third-order valence-corrected chi connectivity index (χ3v) is 4.68. The lowest BCUT2D eigenvalue weighted by molar-refractivity contribution is -0.126. The maximum atomic E-state index is 12.4. The molecule has 0 aliphatic carbocycles. The molecule has 1 N–H and O–H groups in total. The molecule has 1 atom stereocenters. The van der Waals surface area contributed by atoms with Crippen LogP contribution in [0.3, 0.4) is 0 Å². The van der Waals surface area contributed by atoms with Crippen molar-refractivity contribution in [2.75, 3.05) is 25.2 Å². The van der Waals surface area contributed by atoms with E-state index in [2.05, 4.69) is 15.3 Å². The van der Waals surface area contributed by atoms with Gasteiger partial charge in [0.05, 0.1) is 31.4 Å². The molecule has 3 rings (SSSR count). The van der Waals surface area contributed by atoms with Crippen LogP contribution in [0.5, 0.6) is 5.75 Å². The van der Waals surface area contributed by atoms with Gasteiger partial charge in [0.25, 0.3) is 0 Å². The molecule has 0 saturated carbocycles. The molecule has 30 heavy (non-hydrogen) atoms. The first-order valence-electron chi connectivity index (χ1n) is 9.56. The van der Waals surface area contributed by atoms with Crippen LogP contribution in [-0.4, -0.2) is 44.3 Å². The minimum Gasteiger partial charge on any atom is -0.494 e.